The van der Waals surface area contributed by atoms with Gasteiger partial charge >= 0.3 is 0 Å². The van der Waals surface area contributed by atoms with Crippen molar-refractivity contribution in [2.75, 3.05) is 6.54 Å². The third kappa shape index (κ3) is 4.33. The van der Waals surface area contributed by atoms with Gasteiger partial charge in [0.1, 0.15) is 5.69 Å². The second-order valence-corrected chi connectivity index (χ2v) is 5.42. The van der Waals surface area contributed by atoms with Crippen LogP contribution in [-0.4, -0.2) is 17.6 Å². The highest BCUT2D eigenvalue weighted by Gasteiger charge is 2.33. The Morgan fingerprint density at radius 2 is 1.91 bits per heavy atom. The summed E-state index contributed by atoms with van der Waals surface area (Å²) in [6.07, 6.45) is 1.44. The number of hydrogen-bond acceptors (Lipinski definition) is 4. The molecular formula is C17H24ClN3O2. The van der Waals surface area contributed by atoms with Crippen LogP contribution in [0.4, 0.5) is 0 Å². The van der Waals surface area contributed by atoms with E-state index in [0.29, 0.717) is 18.8 Å². The average Bonchev–Trinajstić information content (AvgIpc) is 3.05. The van der Waals surface area contributed by atoms with Gasteiger partial charge in [-0.2, -0.15) is 0 Å². The van der Waals surface area contributed by atoms with Gasteiger partial charge in [0.2, 0.25) is 5.91 Å². The van der Waals surface area contributed by atoms with E-state index >= 15 is 0 Å². The highest BCUT2D eigenvalue weighted by atomic mass is 35.5. The number of nitrogens with zero attached hydrogens (tertiary/aromatic N) is 1. The fraction of sp³-hybridized carbons (Fsp3) is 0.412. The molecule has 0 aliphatic rings. The first kappa shape index (κ1) is 19.2. The van der Waals surface area contributed by atoms with Crippen molar-refractivity contribution in [3.8, 4) is 11.3 Å². The maximum absolute atomic E-state index is 12.4. The van der Waals surface area contributed by atoms with Gasteiger partial charge in [0, 0.05) is 18.2 Å². The number of rotatable bonds is 7. The van der Waals surface area contributed by atoms with E-state index < -0.39 is 5.41 Å². The summed E-state index contributed by atoms with van der Waals surface area (Å²) in [6, 6.07) is 11.6. The summed E-state index contributed by atoms with van der Waals surface area (Å²) in [4.78, 5) is 12.4. The molecule has 0 bridgehead atoms. The van der Waals surface area contributed by atoms with Crippen molar-refractivity contribution in [1.82, 2.24) is 10.5 Å². The van der Waals surface area contributed by atoms with Crippen molar-refractivity contribution < 1.29 is 9.32 Å². The molecule has 0 spiro atoms. The lowest BCUT2D eigenvalue weighted by molar-refractivity contribution is -0.131. The van der Waals surface area contributed by atoms with Gasteiger partial charge < -0.3 is 15.6 Å². The lowest BCUT2D eigenvalue weighted by Gasteiger charge is -2.28. The van der Waals surface area contributed by atoms with Crippen LogP contribution in [0.25, 0.3) is 11.3 Å². The maximum Gasteiger partial charge on any atom is 0.227 e. The van der Waals surface area contributed by atoms with Crippen LogP contribution in [0.3, 0.4) is 0 Å². The molecule has 6 heteroatoms. The lowest BCUT2D eigenvalue weighted by Crippen LogP contribution is -2.44. The number of benzene rings is 1. The van der Waals surface area contributed by atoms with Crippen molar-refractivity contribution in [2.24, 2.45) is 11.1 Å². The Labute approximate surface area is 143 Å². The molecule has 1 aromatic heterocycles. The fourth-order valence-electron chi connectivity index (χ4n) is 2.45. The van der Waals surface area contributed by atoms with Crippen LogP contribution in [0.1, 0.15) is 32.4 Å². The molecule has 0 saturated heterocycles. The van der Waals surface area contributed by atoms with Gasteiger partial charge in [0.15, 0.2) is 5.76 Å². The fourth-order valence-corrected chi connectivity index (χ4v) is 2.45. The van der Waals surface area contributed by atoms with Gasteiger partial charge in [0.05, 0.1) is 12.0 Å². The summed E-state index contributed by atoms with van der Waals surface area (Å²) >= 11 is 0. The van der Waals surface area contributed by atoms with Crippen LogP contribution >= 0.6 is 12.4 Å². The number of hydrogen-bond donors (Lipinski definition) is 2. The predicted molar refractivity (Wildman–Crippen MR) is 93.1 cm³/mol. The largest absolute Gasteiger partial charge is 0.359 e. The van der Waals surface area contributed by atoms with Crippen molar-refractivity contribution in [2.45, 2.75) is 33.2 Å². The zero-order valence-electron chi connectivity index (χ0n) is 13.5. The summed E-state index contributed by atoms with van der Waals surface area (Å²) in [6.45, 7) is 4.63. The molecular weight excluding hydrogens is 314 g/mol. The summed E-state index contributed by atoms with van der Waals surface area (Å²) in [5, 5.41) is 6.94. The maximum atomic E-state index is 12.4. The zero-order chi connectivity index (χ0) is 16.0. The van der Waals surface area contributed by atoms with Crippen LogP contribution in [0.2, 0.25) is 0 Å². The number of amides is 1. The van der Waals surface area contributed by atoms with Gasteiger partial charge in [0.25, 0.3) is 0 Å². The molecule has 1 heterocycles. The molecule has 2 rings (SSSR count). The van der Waals surface area contributed by atoms with Gasteiger partial charge in [-0.15, -0.1) is 12.4 Å². The van der Waals surface area contributed by atoms with Gasteiger partial charge in [-0.1, -0.05) is 49.3 Å². The lowest BCUT2D eigenvalue weighted by atomic mass is 9.81. The molecule has 0 fully saturated rings. The van der Waals surface area contributed by atoms with Crippen LogP contribution in [0, 0.1) is 5.41 Å². The average molecular weight is 338 g/mol. The Bertz CT molecular complexity index is 601. The molecule has 0 aliphatic carbocycles. The van der Waals surface area contributed by atoms with Gasteiger partial charge in [-0.3, -0.25) is 4.79 Å². The molecule has 126 valence electrons. The summed E-state index contributed by atoms with van der Waals surface area (Å²) < 4.78 is 5.29. The van der Waals surface area contributed by atoms with E-state index in [9.17, 15) is 4.79 Å². The number of carbonyl (C=O) groups excluding carboxylic acids is 1. The van der Waals surface area contributed by atoms with E-state index in [0.717, 1.165) is 24.1 Å². The molecule has 0 radical (unpaired) electrons. The van der Waals surface area contributed by atoms with Crippen molar-refractivity contribution in [3.05, 3.63) is 42.2 Å². The first-order valence-corrected chi connectivity index (χ1v) is 7.64. The monoisotopic (exact) mass is 337 g/mol. The third-order valence-electron chi connectivity index (χ3n) is 4.28. The smallest absolute Gasteiger partial charge is 0.227 e. The minimum absolute atomic E-state index is 0. The van der Waals surface area contributed by atoms with E-state index in [-0.39, 0.29) is 18.3 Å². The van der Waals surface area contributed by atoms with Crippen LogP contribution in [-0.2, 0) is 11.3 Å². The molecule has 0 unspecified atom stereocenters. The highest BCUT2D eigenvalue weighted by Crippen LogP contribution is 2.25. The Morgan fingerprint density at radius 1 is 1.26 bits per heavy atom. The topological polar surface area (TPSA) is 81.2 Å². The zero-order valence-corrected chi connectivity index (χ0v) is 14.4. The third-order valence-corrected chi connectivity index (χ3v) is 4.28. The molecule has 1 aromatic carbocycles. The summed E-state index contributed by atoms with van der Waals surface area (Å²) in [5.41, 5.74) is 7.04. The SMILES string of the molecule is CCC(CC)(CN)C(=O)NCc1cc(-c2ccccc2)no1.Cl. The van der Waals surface area contributed by atoms with Crippen molar-refractivity contribution >= 4 is 18.3 Å². The Kier molecular flexibility index (Phi) is 7.26. The number of nitrogens with two attached hydrogens (primary N) is 1. The predicted octanol–water partition coefficient (Wildman–Crippen LogP) is 3.14. The molecule has 0 atom stereocenters. The summed E-state index contributed by atoms with van der Waals surface area (Å²) in [5.74, 6) is 0.600. The van der Waals surface area contributed by atoms with E-state index in [1.165, 1.54) is 0 Å². The van der Waals surface area contributed by atoms with E-state index in [2.05, 4.69) is 10.5 Å². The minimum Gasteiger partial charge on any atom is -0.359 e. The van der Waals surface area contributed by atoms with Crippen molar-refractivity contribution in [3.63, 3.8) is 0 Å². The molecule has 3 N–H and O–H groups in total. The Morgan fingerprint density at radius 3 is 2.48 bits per heavy atom. The first-order chi connectivity index (χ1) is 10.6. The highest BCUT2D eigenvalue weighted by molar-refractivity contribution is 5.85. The second kappa shape index (κ2) is 8.70. The first-order valence-electron chi connectivity index (χ1n) is 7.64. The molecule has 23 heavy (non-hydrogen) atoms. The molecule has 1 amide bonds. The van der Waals surface area contributed by atoms with Gasteiger partial charge in [-0.25, -0.2) is 0 Å². The van der Waals surface area contributed by atoms with E-state index in [1.807, 2.05) is 50.2 Å². The molecule has 5 nitrogen and oxygen atoms in total. The van der Waals surface area contributed by atoms with E-state index in [1.54, 1.807) is 0 Å². The molecule has 2 aromatic rings. The summed E-state index contributed by atoms with van der Waals surface area (Å²) in [7, 11) is 0. The number of nitrogens with one attached hydrogen (secondary N) is 1. The van der Waals surface area contributed by atoms with Crippen LogP contribution in [0.15, 0.2) is 40.9 Å². The minimum atomic E-state index is -0.498. The van der Waals surface area contributed by atoms with Crippen LogP contribution in [0.5, 0.6) is 0 Å². The van der Waals surface area contributed by atoms with Crippen molar-refractivity contribution in [1.29, 1.82) is 0 Å². The number of carbonyl (C=O) groups is 1. The molecule has 0 saturated carbocycles. The molecule has 0 aliphatic heterocycles. The standard InChI is InChI=1S/C17H23N3O2.ClH/c1-3-17(4-2,12-18)16(21)19-11-14-10-15(20-22-14)13-8-6-5-7-9-13;/h5-10H,3-4,11-12,18H2,1-2H3,(H,19,21);1H. The number of halogens is 1. The van der Waals surface area contributed by atoms with Gasteiger partial charge in [-0.05, 0) is 12.8 Å². The van der Waals surface area contributed by atoms with Crippen LogP contribution < -0.4 is 11.1 Å². The quantitative estimate of drug-likeness (QED) is 0.813. The Balaban J connectivity index is 0.00000264. The second-order valence-electron chi connectivity index (χ2n) is 5.42. The Hall–Kier alpha value is -1.85. The normalized spacial score (nSPS) is 10.9. The van der Waals surface area contributed by atoms with E-state index in [4.69, 9.17) is 10.3 Å². The number of aromatic nitrogens is 1.